The number of piperazine rings is 1. The first-order valence-corrected chi connectivity index (χ1v) is 23.0. The van der Waals surface area contributed by atoms with Gasteiger partial charge in [-0.1, -0.05) is 73.3 Å². The molecule has 4 aromatic carbocycles. The first-order valence-electron chi connectivity index (χ1n) is 23.0. The summed E-state index contributed by atoms with van der Waals surface area (Å²) in [6, 6.07) is 27.3. The van der Waals surface area contributed by atoms with Gasteiger partial charge in [0.15, 0.2) is 17.0 Å². The molecule has 0 spiro atoms. The number of aryl methyl sites for hydroxylation is 1. The Kier molecular flexibility index (Phi) is 16.2. The second-order valence-electron chi connectivity index (χ2n) is 19.0. The molecule has 0 saturated carbocycles. The van der Waals surface area contributed by atoms with Crippen molar-refractivity contribution in [2.45, 2.75) is 83.3 Å². The summed E-state index contributed by atoms with van der Waals surface area (Å²) >= 11 is 0. The molecular weight excluding hydrogens is 899 g/mol. The fraction of sp³-hybridized carbons (Fsp3) is 0.389. The van der Waals surface area contributed by atoms with Crippen LogP contribution in [0.2, 0.25) is 0 Å². The van der Waals surface area contributed by atoms with Crippen molar-refractivity contribution in [1.29, 1.82) is 0 Å². The topological polar surface area (TPSA) is 204 Å². The number of ether oxygens (including phenoxy) is 5. The zero-order chi connectivity index (χ0) is 51.0. The highest BCUT2D eigenvalue weighted by atomic mass is 16.6. The first-order chi connectivity index (χ1) is 33.2. The van der Waals surface area contributed by atoms with Gasteiger partial charge in [0, 0.05) is 43.1 Å². The van der Waals surface area contributed by atoms with E-state index in [9.17, 15) is 38.7 Å². The van der Waals surface area contributed by atoms with E-state index in [1.807, 2.05) is 48.5 Å². The molecule has 1 unspecified atom stereocenters. The number of esters is 2. The summed E-state index contributed by atoms with van der Waals surface area (Å²) in [4.78, 5) is 98.3. The van der Waals surface area contributed by atoms with E-state index in [0.29, 0.717) is 22.6 Å². The average molecular weight is 960 g/mol. The molecule has 0 radical (unpaired) electrons. The number of nitrogens with one attached hydrogen (secondary N) is 1. The van der Waals surface area contributed by atoms with Crippen molar-refractivity contribution in [1.82, 2.24) is 9.80 Å². The van der Waals surface area contributed by atoms with E-state index in [1.165, 1.54) is 33.0 Å². The van der Waals surface area contributed by atoms with Crippen LogP contribution in [0.15, 0.2) is 104 Å². The van der Waals surface area contributed by atoms with E-state index < -0.39 is 83.8 Å². The highest BCUT2D eigenvalue weighted by Gasteiger charge is 2.58. The molecule has 2 N–H and O–H groups in total. The van der Waals surface area contributed by atoms with Gasteiger partial charge in [0.05, 0.1) is 32.6 Å². The van der Waals surface area contributed by atoms with Crippen molar-refractivity contribution >= 4 is 47.3 Å². The third-order valence-electron chi connectivity index (χ3n) is 12.6. The monoisotopic (exact) mass is 959 g/mol. The van der Waals surface area contributed by atoms with Crippen LogP contribution in [0.3, 0.4) is 0 Å². The minimum atomic E-state index is -2.36. The number of carboxylic acids is 1. The number of hydrogen-bond donors (Lipinski definition) is 2. The Morgan fingerprint density at radius 2 is 1.47 bits per heavy atom. The number of carboxylic acid groups (broad SMARTS) is 1. The standard InChI is InChI=1S/C54H61N3O13/c1-9-46(59)69-33-53(5,6)48(61)49(62)57-28-27-56(51(65)68-31-41-39-19-12-10-17-37(39)38-18-11-13-20-40(38)41)32-54(57,50(63)64)42(23-21-34-22-24-43(66-7)44(29-34)67-8)35-15-14-16-36(30-35)55-45(58)25-26-47(60)70-52(2,3)4/h9-20,22,24,29-30,41-42H,1,21,23,25-28,31-33H2,2-8H3,(H,55,58)(H,63,64)/t42?,54-/m1/s1. The van der Waals surface area contributed by atoms with Crippen molar-refractivity contribution in [3.05, 3.63) is 126 Å². The quantitative estimate of drug-likeness (QED) is 0.0400. The minimum absolute atomic E-state index is 0.00860. The number of hydrogen-bond acceptors (Lipinski definition) is 12. The molecule has 3 amide bonds. The molecule has 16 heteroatoms. The molecule has 0 aromatic heterocycles. The second-order valence-corrected chi connectivity index (χ2v) is 19.0. The van der Waals surface area contributed by atoms with Gasteiger partial charge >= 0.3 is 24.0 Å². The van der Waals surface area contributed by atoms with E-state index in [2.05, 4.69) is 11.9 Å². The maximum Gasteiger partial charge on any atom is 0.409 e. The molecular formula is C54H61N3O13. The molecule has 70 heavy (non-hydrogen) atoms. The number of Topliss-reactive ketones (excluding diaryl/α,β-unsaturated/α-hetero) is 1. The van der Waals surface area contributed by atoms with Crippen LogP contribution in [0.5, 0.6) is 11.5 Å². The molecule has 1 heterocycles. The van der Waals surface area contributed by atoms with Crippen LogP contribution in [-0.2, 0) is 49.4 Å². The molecule has 2 atom stereocenters. The number of amides is 3. The number of aliphatic carboxylic acids is 1. The number of carbonyl (C=O) groups is 7. The van der Waals surface area contributed by atoms with Gasteiger partial charge in [-0.05, 0) is 105 Å². The number of fused-ring (bicyclic) bond motifs is 3. The number of benzene rings is 4. The predicted octanol–water partition coefficient (Wildman–Crippen LogP) is 7.72. The normalized spacial score (nSPS) is 15.9. The summed E-state index contributed by atoms with van der Waals surface area (Å²) in [5.41, 5.74) is 0.544. The molecule has 2 aliphatic rings. The van der Waals surface area contributed by atoms with Crippen molar-refractivity contribution in [3.63, 3.8) is 0 Å². The van der Waals surface area contributed by atoms with E-state index >= 15 is 0 Å². The number of anilines is 1. The number of nitrogens with zero attached hydrogens (tertiary/aromatic N) is 2. The van der Waals surface area contributed by atoms with Crippen LogP contribution >= 0.6 is 0 Å². The lowest BCUT2D eigenvalue weighted by Crippen LogP contribution is -2.72. The number of rotatable bonds is 19. The van der Waals surface area contributed by atoms with Gasteiger partial charge in [-0.3, -0.25) is 19.2 Å². The number of carbonyl (C=O) groups excluding carboxylic acids is 6. The van der Waals surface area contributed by atoms with Crippen LogP contribution in [0.4, 0.5) is 10.5 Å². The lowest BCUT2D eigenvalue weighted by molar-refractivity contribution is -0.171. The Hall–Kier alpha value is -7.49. The fourth-order valence-corrected chi connectivity index (χ4v) is 9.11. The number of methoxy groups -OCH3 is 2. The first kappa shape index (κ1) is 51.9. The molecule has 4 aromatic rings. The zero-order valence-corrected chi connectivity index (χ0v) is 40.7. The van der Waals surface area contributed by atoms with Crippen LogP contribution in [0, 0.1) is 5.41 Å². The van der Waals surface area contributed by atoms with Gasteiger partial charge in [0.2, 0.25) is 11.7 Å². The lowest BCUT2D eigenvalue weighted by atomic mass is 9.72. The highest BCUT2D eigenvalue weighted by Crippen LogP contribution is 2.46. The Morgan fingerprint density at radius 1 is 0.814 bits per heavy atom. The largest absolute Gasteiger partial charge is 0.493 e. The molecule has 6 rings (SSSR count). The van der Waals surface area contributed by atoms with Crippen LogP contribution in [0.1, 0.15) is 88.0 Å². The Bertz CT molecular complexity index is 2610. The van der Waals surface area contributed by atoms with Gasteiger partial charge < -0.3 is 43.9 Å². The van der Waals surface area contributed by atoms with Crippen molar-refractivity contribution in [2.24, 2.45) is 5.41 Å². The summed E-state index contributed by atoms with van der Waals surface area (Å²) in [7, 11) is 2.98. The van der Waals surface area contributed by atoms with Gasteiger partial charge in [-0.15, -0.1) is 0 Å². The van der Waals surface area contributed by atoms with Crippen LogP contribution in [-0.4, -0.2) is 115 Å². The van der Waals surface area contributed by atoms with Gasteiger partial charge in [0.25, 0.3) is 5.91 Å². The van der Waals surface area contributed by atoms with E-state index in [0.717, 1.165) is 33.2 Å². The molecule has 1 fully saturated rings. The lowest BCUT2D eigenvalue weighted by Gasteiger charge is -2.51. The third-order valence-corrected chi connectivity index (χ3v) is 12.6. The Labute approximate surface area is 407 Å². The van der Waals surface area contributed by atoms with Gasteiger partial charge in [0.1, 0.15) is 18.8 Å². The van der Waals surface area contributed by atoms with E-state index in [-0.39, 0.29) is 50.4 Å². The smallest absolute Gasteiger partial charge is 0.409 e. The minimum Gasteiger partial charge on any atom is -0.493 e. The van der Waals surface area contributed by atoms with Crippen molar-refractivity contribution < 1.29 is 62.4 Å². The summed E-state index contributed by atoms with van der Waals surface area (Å²) < 4.78 is 27.6. The maximum absolute atomic E-state index is 14.9. The predicted molar refractivity (Wildman–Crippen MR) is 259 cm³/mol. The molecule has 1 saturated heterocycles. The molecule has 0 bridgehead atoms. The van der Waals surface area contributed by atoms with Gasteiger partial charge in [-0.25, -0.2) is 14.4 Å². The van der Waals surface area contributed by atoms with Gasteiger partial charge in [-0.2, -0.15) is 0 Å². The highest BCUT2D eigenvalue weighted by molar-refractivity contribution is 6.38. The Morgan fingerprint density at radius 3 is 2.09 bits per heavy atom. The second kappa shape index (κ2) is 21.9. The SMILES string of the molecule is C=CC(=O)OCC(C)(C)C(=O)C(=O)N1CCN(C(=O)OCC2c3ccccc3-c3ccccc32)C[C@]1(C(=O)O)C(CCc1ccc(OC)c(OC)c1)c1cccc(NC(=O)CCC(=O)OC(C)(C)C)c1. The zero-order valence-electron chi connectivity index (χ0n) is 40.7. The summed E-state index contributed by atoms with van der Waals surface area (Å²) in [5.74, 6) is -6.25. The summed E-state index contributed by atoms with van der Waals surface area (Å²) in [5, 5.41) is 14.6. The van der Waals surface area contributed by atoms with E-state index in [1.54, 1.807) is 63.2 Å². The van der Waals surface area contributed by atoms with Crippen molar-refractivity contribution in [3.8, 4) is 22.6 Å². The molecule has 16 nitrogen and oxygen atoms in total. The van der Waals surface area contributed by atoms with Crippen molar-refractivity contribution in [2.75, 3.05) is 52.4 Å². The van der Waals surface area contributed by atoms with E-state index in [4.69, 9.17) is 23.7 Å². The third kappa shape index (κ3) is 11.7. The Balaban J connectivity index is 1.41. The van der Waals surface area contributed by atoms with Crippen LogP contribution in [0.25, 0.3) is 11.1 Å². The molecule has 1 aliphatic carbocycles. The van der Waals surface area contributed by atoms with Crippen LogP contribution < -0.4 is 14.8 Å². The maximum atomic E-state index is 14.9. The average Bonchev–Trinajstić information content (AvgIpc) is 3.66. The molecule has 1 aliphatic heterocycles. The molecule has 370 valence electrons. The number of ketones is 1. The summed E-state index contributed by atoms with van der Waals surface area (Å²) in [6.07, 6.45) is -0.115. The summed E-state index contributed by atoms with van der Waals surface area (Å²) in [6.45, 7) is 9.55. The fourth-order valence-electron chi connectivity index (χ4n) is 9.11.